The van der Waals surface area contributed by atoms with E-state index < -0.39 is 0 Å². The van der Waals surface area contributed by atoms with Gasteiger partial charge in [0.2, 0.25) is 5.89 Å². The lowest BCUT2D eigenvalue weighted by atomic mass is 9.85. The number of rotatable bonds is 5. The molecule has 0 saturated heterocycles. The van der Waals surface area contributed by atoms with Crippen LogP contribution in [0.4, 0.5) is 0 Å². The highest BCUT2D eigenvalue weighted by Crippen LogP contribution is 2.39. The molecular formula is C18H20N4OS. The maximum absolute atomic E-state index is 5.43. The molecular weight excluding hydrogens is 320 g/mol. The van der Waals surface area contributed by atoms with Crippen molar-refractivity contribution in [2.45, 2.75) is 45.4 Å². The van der Waals surface area contributed by atoms with Gasteiger partial charge in [-0.25, -0.2) is 4.98 Å². The average molecular weight is 340 g/mol. The molecule has 0 atom stereocenters. The fraction of sp³-hybridized carbons (Fsp3) is 0.444. The van der Waals surface area contributed by atoms with Crippen molar-refractivity contribution >= 4 is 11.3 Å². The molecule has 1 aliphatic rings. The van der Waals surface area contributed by atoms with Crippen LogP contribution in [-0.4, -0.2) is 20.1 Å². The van der Waals surface area contributed by atoms with Crippen molar-refractivity contribution in [1.82, 2.24) is 20.1 Å². The molecule has 0 spiro atoms. The Morgan fingerprint density at radius 2 is 2.12 bits per heavy atom. The third kappa shape index (κ3) is 3.38. The van der Waals surface area contributed by atoms with Gasteiger partial charge in [0, 0.05) is 29.8 Å². The maximum atomic E-state index is 5.43. The Hall–Kier alpha value is -2.08. The number of hydrogen-bond acceptors (Lipinski definition) is 6. The van der Waals surface area contributed by atoms with Gasteiger partial charge in [-0.1, -0.05) is 24.9 Å². The molecule has 124 valence electrons. The minimum absolute atomic E-state index is 0.343. The van der Waals surface area contributed by atoms with Gasteiger partial charge in [0.25, 0.3) is 0 Å². The molecule has 3 aromatic heterocycles. The van der Waals surface area contributed by atoms with Crippen LogP contribution in [-0.2, 0) is 12.8 Å². The summed E-state index contributed by atoms with van der Waals surface area (Å²) in [4.78, 5) is 13.4. The maximum Gasteiger partial charge on any atom is 0.232 e. The van der Waals surface area contributed by atoms with Crippen molar-refractivity contribution in [2.75, 3.05) is 0 Å². The predicted octanol–water partition coefficient (Wildman–Crippen LogP) is 4.30. The molecule has 3 aromatic rings. The van der Waals surface area contributed by atoms with Crippen LogP contribution < -0.4 is 0 Å². The molecule has 1 saturated carbocycles. The molecule has 1 fully saturated rings. The van der Waals surface area contributed by atoms with Crippen molar-refractivity contribution in [3.8, 4) is 10.6 Å². The SMILES string of the molecule is CC1(Cc2noc(Cc3csc(-c4cccnc4)n3)n2)CCCC1. The Morgan fingerprint density at radius 3 is 2.92 bits per heavy atom. The fourth-order valence-electron chi connectivity index (χ4n) is 3.39. The van der Waals surface area contributed by atoms with E-state index >= 15 is 0 Å². The topological polar surface area (TPSA) is 64.7 Å². The highest BCUT2D eigenvalue weighted by Gasteiger charge is 2.30. The molecule has 0 radical (unpaired) electrons. The largest absolute Gasteiger partial charge is 0.339 e. The van der Waals surface area contributed by atoms with E-state index in [1.165, 1.54) is 25.7 Å². The monoisotopic (exact) mass is 340 g/mol. The van der Waals surface area contributed by atoms with Crippen molar-refractivity contribution in [2.24, 2.45) is 5.41 Å². The van der Waals surface area contributed by atoms with E-state index in [0.717, 1.165) is 28.5 Å². The number of hydrogen-bond donors (Lipinski definition) is 0. The van der Waals surface area contributed by atoms with Crippen LogP contribution >= 0.6 is 11.3 Å². The van der Waals surface area contributed by atoms with Crippen LogP contribution in [0.5, 0.6) is 0 Å². The van der Waals surface area contributed by atoms with Gasteiger partial charge in [0.15, 0.2) is 5.82 Å². The fourth-order valence-corrected chi connectivity index (χ4v) is 4.20. The Bertz CT molecular complexity index is 805. The molecule has 0 bridgehead atoms. The quantitative estimate of drug-likeness (QED) is 0.693. The van der Waals surface area contributed by atoms with E-state index in [0.29, 0.717) is 17.7 Å². The molecule has 0 aromatic carbocycles. The first kappa shape index (κ1) is 15.4. The Morgan fingerprint density at radius 1 is 1.25 bits per heavy atom. The first-order valence-electron chi connectivity index (χ1n) is 8.36. The van der Waals surface area contributed by atoms with E-state index in [-0.39, 0.29) is 0 Å². The van der Waals surface area contributed by atoms with Crippen LogP contribution in [0.1, 0.15) is 50.0 Å². The Labute approximate surface area is 145 Å². The smallest absolute Gasteiger partial charge is 0.232 e. The Kier molecular flexibility index (Phi) is 4.14. The highest BCUT2D eigenvalue weighted by atomic mass is 32.1. The molecule has 1 aliphatic carbocycles. The summed E-state index contributed by atoms with van der Waals surface area (Å²) >= 11 is 1.61. The second-order valence-corrected chi connectivity index (χ2v) is 7.72. The highest BCUT2D eigenvalue weighted by molar-refractivity contribution is 7.13. The summed E-state index contributed by atoms with van der Waals surface area (Å²) < 4.78 is 5.43. The van der Waals surface area contributed by atoms with Crippen molar-refractivity contribution < 1.29 is 4.52 Å². The summed E-state index contributed by atoms with van der Waals surface area (Å²) in [6.07, 6.45) is 10.2. The van der Waals surface area contributed by atoms with Crippen LogP contribution in [0, 0.1) is 5.41 Å². The molecule has 6 heteroatoms. The summed E-state index contributed by atoms with van der Waals surface area (Å²) in [7, 11) is 0. The summed E-state index contributed by atoms with van der Waals surface area (Å²) in [6, 6.07) is 3.94. The summed E-state index contributed by atoms with van der Waals surface area (Å²) in [5, 5.41) is 7.18. The summed E-state index contributed by atoms with van der Waals surface area (Å²) in [5.74, 6) is 1.48. The lowest BCUT2D eigenvalue weighted by Gasteiger charge is -2.20. The Balaban J connectivity index is 1.44. The van der Waals surface area contributed by atoms with Crippen molar-refractivity contribution in [3.63, 3.8) is 0 Å². The van der Waals surface area contributed by atoms with Crippen LogP contribution in [0.15, 0.2) is 34.4 Å². The summed E-state index contributed by atoms with van der Waals surface area (Å²) in [5.41, 5.74) is 2.34. The zero-order chi connectivity index (χ0) is 16.4. The number of aromatic nitrogens is 4. The predicted molar refractivity (Wildman–Crippen MR) is 92.7 cm³/mol. The summed E-state index contributed by atoms with van der Waals surface area (Å²) in [6.45, 7) is 2.33. The van der Waals surface area contributed by atoms with Crippen molar-refractivity contribution in [1.29, 1.82) is 0 Å². The molecule has 5 nitrogen and oxygen atoms in total. The second-order valence-electron chi connectivity index (χ2n) is 6.86. The van der Waals surface area contributed by atoms with Crippen LogP contribution in [0.2, 0.25) is 0 Å². The number of thiazole rings is 1. The lowest BCUT2D eigenvalue weighted by Crippen LogP contribution is -2.15. The third-order valence-corrected chi connectivity index (χ3v) is 5.64. The van der Waals surface area contributed by atoms with Gasteiger partial charge in [-0.2, -0.15) is 4.98 Å². The molecule has 0 amide bonds. The van der Waals surface area contributed by atoms with Gasteiger partial charge in [-0.15, -0.1) is 11.3 Å². The van der Waals surface area contributed by atoms with Gasteiger partial charge < -0.3 is 4.52 Å². The third-order valence-electron chi connectivity index (χ3n) is 4.70. The zero-order valence-corrected chi connectivity index (χ0v) is 14.6. The number of nitrogens with zero attached hydrogens (tertiary/aromatic N) is 4. The first-order valence-corrected chi connectivity index (χ1v) is 9.24. The average Bonchev–Trinajstić information content (AvgIpc) is 3.32. The molecule has 0 aliphatic heterocycles. The van der Waals surface area contributed by atoms with Gasteiger partial charge >= 0.3 is 0 Å². The molecule has 3 heterocycles. The van der Waals surface area contributed by atoms with Gasteiger partial charge in [-0.3, -0.25) is 4.98 Å². The van der Waals surface area contributed by atoms with E-state index in [4.69, 9.17) is 4.52 Å². The number of pyridine rings is 1. The normalized spacial score (nSPS) is 16.5. The minimum Gasteiger partial charge on any atom is -0.339 e. The van der Waals surface area contributed by atoms with E-state index in [9.17, 15) is 0 Å². The molecule has 0 unspecified atom stereocenters. The molecule has 0 N–H and O–H groups in total. The van der Waals surface area contributed by atoms with Crippen LogP contribution in [0.3, 0.4) is 0 Å². The van der Waals surface area contributed by atoms with E-state index in [1.54, 1.807) is 17.5 Å². The minimum atomic E-state index is 0.343. The zero-order valence-electron chi connectivity index (χ0n) is 13.7. The first-order chi connectivity index (χ1) is 11.7. The standard InChI is InChI=1S/C18H20N4OS/c1-18(6-2-3-7-18)10-15-21-16(23-22-15)9-14-12-24-17(20-14)13-5-4-8-19-11-13/h4-5,8,11-12H,2-3,6-7,9-10H2,1H3. The molecule has 24 heavy (non-hydrogen) atoms. The second kappa shape index (κ2) is 6.43. The van der Waals surface area contributed by atoms with Gasteiger partial charge in [-0.05, 0) is 30.4 Å². The lowest BCUT2D eigenvalue weighted by molar-refractivity contribution is 0.315. The van der Waals surface area contributed by atoms with E-state index in [1.807, 2.05) is 23.7 Å². The van der Waals surface area contributed by atoms with Crippen molar-refractivity contribution in [3.05, 3.63) is 47.3 Å². The van der Waals surface area contributed by atoms with E-state index in [2.05, 4.69) is 27.0 Å². The van der Waals surface area contributed by atoms with Gasteiger partial charge in [0.1, 0.15) is 5.01 Å². The van der Waals surface area contributed by atoms with Crippen LogP contribution in [0.25, 0.3) is 10.6 Å². The van der Waals surface area contributed by atoms with Gasteiger partial charge in [0.05, 0.1) is 12.1 Å². The molecule has 4 rings (SSSR count).